The molecule has 1 unspecified atom stereocenters. The summed E-state index contributed by atoms with van der Waals surface area (Å²) in [5.41, 5.74) is 0. The van der Waals surface area contributed by atoms with Crippen LogP contribution in [0.15, 0.2) is 0 Å². The molecule has 0 spiro atoms. The average molecular weight is 236 g/mol. The van der Waals surface area contributed by atoms with Crippen LogP contribution < -0.4 is 0 Å². The highest BCUT2D eigenvalue weighted by molar-refractivity contribution is 7.99. The van der Waals surface area contributed by atoms with Crippen molar-refractivity contribution < 1.29 is 24.5 Å². The molecule has 5 nitrogen and oxygen atoms in total. The molecule has 6 heteroatoms. The Labute approximate surface area is 92.8 Å². The van der Waals surface area contributed by atoms with E-state index in [2.05, 4.69) is 4.74 Å². The molecule has 0 bridgehead atoms. The van der Waals surface area contributed by atoms with E-state index in [0.29, 0.717) is 0 Å². The summed E-state index contributed by atoms with van der Waals surface area (Å²) in [6.45, 7) is 1.25. The Morgan fingerprint density at radius 2 is 2.13 bits per heavy atom. The van der Waals surface area contributed by atoms with Crippen LogP contribution in [0.2, 0.25) is 0 Å². The van der Waals surface area contributed by atoms with E-state index < -0.39 is 24.6 Å². The normalized spacial score (nSPS) is 12.1. The fraction of sp³-hybridized carbons (Fsp3) is 0.778. The molecule has 0 aliphatic heterocycles. The van der Waals surface area contributed by atoms with Gasteiger partial charge in [0.1, 0.15) is 6.61 Å². The number of carbonyl (C=O) groups excluding carboxylic acids is 1. The maximum Gasteiger partial charge on any atom is 0.345 e. The van der Waals surface area contributed by atoms with E-state index in [4.69, 9.17) is 10.2 Å². The summed E-state index contributed by atoms with van der Waals surface area (Å²) in [7, 11) is 0. The standard InChI is InChI=1S/C9H16O5S/c1-2-3-4-15-6-7(9(12)13)14-8(11)5-10/h7,10H,2-6H2,1H3,(H,12,13). The largest absolute Gasteiger partial charge is 0.478 e. The van der Waals surface area contributed by atoms with Gasteiger partial charge in [0.15, 0.2) is 0 Å². The van der Waals surface area contributed by atoms with E-state index in [1.165, 1.54) is 11.8 Å². The van der Waals surface area contributed by atoms with Crippen molar-refractivity contribution >= 4 is 23.7 Å². The van der Waals surface area contributed by atoms with Gasteiger partial charge in [-0.3, -0.25) is 0 Å². The van der Waals surface area contributed by atoms with Gasteiger partial charge in [-0.2, -0.15) is 11.8 Å². The predicted octanol–water partition coefficient (Wildman–Crippen LogP) is 0.508. The van der Waals surface area contributed by atoms with Gasteiger partial charge in [-0.15, -0.1) is 0 Å². The molecule has 0 amide bonds. The molecule has 0 rings (SSSR count). The lowest BCUT2D eigenvalue weighted by Crippen LogP contribution is -2.30. The quantitative estimate of drug-likeness (QED) is 0.472. The number of thioether (sulfide) groups is 1. The van der Waals surface area contributed by atoms with Gasteiger partial charge in [0.05, 0.1) is 0 Å². The van der Waals surface area contributed by atoms with Gasteiger partial charge in [0.2, 0.25) is 6.10 Å². The van der Waals surface area contributed by atoms with E-state index in [1.54, 1.807) is 0 Å². The summed E-state index contributed by atoms with van der Waals surface area (Å²) >= 11 is 1.43. The van der Waals surface area contributed by atoms with Crippen molar-refractivity contribution in [2.24, 2.45) is 0 Å². The molecule has 0 aromatic rings. The highest BCUT2D eigenvalue weighted by Gasteiger charge is 2.21. The van der Waals surface area contributed by atoms with E-state index in [9.17, 15) is 9.59 Å². The third kappa shape index (κ3) is 7.21. The van der Waals surface area contributed by atoms with Gasteiger partial charge in [-0.25, -0.2) is 9.59 Å². The smallest absolute Gasteiger partial charge is 0.345 e. The van der Waals surface area contributed by atoms with Crippen LogP contribution in [-0.2, 0) is 14.3 Å². The number of carbonyl (C=O) groups is 2. The van der Waals surface area contributed by atoms with E-state index in [-0.39, 0.29) is 5.75 Å². The van der Waals surface area contributed by atoms with Crippen molar-refractivity contribution in [1.29, 1.82) is 0 Å². The summed E-state index contributed by atoms with van der Waals surface area (Å²) in [5, 5.41) is 17.1. The Morgan fingerprint density at radius 1 is 1.47 bits per heavy atom. The number of carboxylic acid groups (broad SMARTS) is 1. The monoisotopic (exact) mass is 236 g/mol. The Balaban J connectivity index is 3.84. The zero-order valence-corrected chi connectivity index (χ0v) is 9.46. The Kier molecular flexibility index (Phi) is 8.12. The van der Waals surface area contributed by atoms with Crippen molar-refractivity contribution in [3.05, 3.63) is 0 Å². The number of aliphatic carboxylic acids is 1. The number of aliphatic hydroxyl groups is 1. The highest BCUT2D eigenvalue weighted by atomic mass is 32.2. The molecule has 0 fully saturated rings. The van der Waals surface area contributed by atoms with Crippen molar-refractivity contribution in [3.8, 4) is 0 Å². The molecule has 88 valence electrons. The number of unbranched alkanes of at least 4 members (excludes halogenated alkanes) is 1. The second kappa shape index (κ2) is 8.55. The lowest BCUT2D eigenvalue weighted by Gasteiger charge is -2.12. The third-order valence-corrected chi connectivity index (χ3v) is 2.71. The lowest BCUT2D eigenvalue weighted by atomic mass is 10.4. The second-order valence-electron chi connectivity index (χ2n) is 2.90. The van der Waals surface area contributed by atoms with Crippen LogP contribution in [-0.4, -0.2) is 46.4 Å². The van der Waals surface area contributed by atoms with Crippen molar-refractivity contribution in [3.63, 3.8) is 0 Å². The first kappa shape index (κ1) is 14.2. The zero-order chi connectivity index (χ0) is 11.7. The molecule has 0 saturated carbocycles. The fourth-order valence-corrected chi connectivity index (χ4v) is 1.87. The first-order chi connectivity index (χ1) is 7.11. The van der Waals surface area contributed by atoms with Gasteiger partial charge in [0, 0.05) is 5.75 Å². The van der Waals surface area contributed by atoms with Crippen LogP contribution in [0.3, 0.4) is 0 Å². The van der Waals surface area contributed by atoms with Gasteiger partial charge < -0.3 is 14.9 Å². The molecule has 0 saturated heterocycles. The maximum atomic E-state index is 10.7. The summed E-state index contributed by atoms with van der Waals surface area (Å²) in [5.74, 6) is -1.02. The molecule has 15 heavy (non-hydrogen) atoms. The van der Waals surface area contributed by atoms with Crippen LogP contribution in [0.1, 0.15) is 19.8 Å². The predicted molar refractivity (Wildman–Crippen MR) is 56.8 cm³/mol. The molecular formula is C9H16O5S. The minimum Gasteiger partial charge on any atom is -0.478 e. The SMILES string of the molecule is CCCCSCC(OC(=O)CO)C(=O)O. The van der Waals surface area contributed by atoms with Gasteiger partial charge >= 0.3 is 11.9 Å². The topological polar surface area (TPSA) is 83.8 Å². The Bertz CT molecular complexity index is 207. The van der Waals surface area contributed by atoms with Gasteiger partial charge in [0.25, 0.3) is 0 Å². The minimum atomic E-state index is -1.18. The number of rotatable bonds is 8. The van der Waals surface area contributed by atoms with Crippen LogP contribution in [0, 0.1) is 0 Å². The molecular weight excluding hydrogens is 220 g/mol. The molecule has 0 radical (unpaired) electrons. The molecule has 0 aliphatic carbocycles. The Morgan fingerprint density at radius 3 is 2.60 bits per heavy atom. The second-order valence-corrected chi connectivity index (χ2v) is 4.05. The minimum absolute atomic E-state index is 0.223. The van der Waals surface area contributed by atoms with Crippen LogP contribution in [0.5, 0.6) is 0 Å². The van der Waals surface area contributed by atoms with Crippen molar-refractivity contribution in [2.75, 3.05) is 18.1 Å². The third-order valence-electron chi connectivity index (χ3n) is 1.59. The first-order valence-electron chi connectivity index (χ1n) is 4.72. The van der Waals surface area contributed by atoms with Gasteiger partial charge in [-0.05, 0) is 12.2 Å². The van der Waals surface area contributed by atoms with Crippen LogP contribution in [0.4, 0.5) is 0 Å². The number of carboxylic acids is 1. The Hall–Kier alpha value is -0.750. The number of esters is 1. The molecule has 0 aromatic heterocycles. The van der Waals surface area contributed by atoms with Crippen molar-refractivity contribution in [1.82, 2.24) is 0 Å². The summed E-state index contributed by atoms with van der Waals surface area (Å²) < 4.78 is 4.53. The number of hydrogen-bond acceptors (Lipinski definition) is 5. The number of aliphatic hydroxyl groups excluding tert-OH is 1. The fourth-order valence-electron chi connectivity index (χ4n) is 0.788. The first-order valence-corrected chi connectivity index (χ1v) is 5.88. The molecule has 0 heterocycles. The van der Waals surface area contributed by atoms with E-state index in [1.807, 2.05) is 6.92 Å². The number of hydrogen-bond donors (Lipinski definition) is 2. The number of ether oxygens (including phenoxy) is 1. The lowest BCUT2D eigenvalue weighted by molar-refractivity contribution is -0.164. The highest BCUT2D eigenvalue weighted by Crippen LogP contribution is 2.09. The average Bonchev–Trinajstić information content (AvgIpc) is 2.21. The van der Waals surface area contributed by atoms with Crippen LogP contribution >= 0.6 is 11.8 Å². The summed E-state index contributed by atoms with van der Waals surface area (Å²) in [6, 6.07) is 0. The molecule has 0 aliphatic rings. The molecule has 2 N–H and O–H groups in total. The zero-order valence-electron chi connectivity index (χ0n) is 8.64. The van der Waals surface area contributed by atoms with E-state index >= 15 is 0 Å². The maximum absolute atomic E-state index is 10.7. The molecule has 0 aromatic carbocycles. The summed E-state index contributed by atoms with van der Waals surface area (Å²) in [6.07, 6.45) is 0.887. The molecule has 1 atom stereocenters. The van der Waals surface area contributed by atoms with Crippen LogP contribution in [0.25, 0.3) is 0 Å². The van der Waals surface area contributed by atoms with Crippen molar-refractivity contribution in [2.45, 2.75) is 25.9 Å². The summed E-state index contributed by atoms with van der Waals surface area (Å²) in [4.78, 5) is 21.3. The van der Waals surface area contributed by atoms with E-state index in [0.717, 1.165) is 18.6 Å². The van der Waals surface area contributed by atoms with Gasteiger partial charge in [-0.1, -0.05) is 13.3 Å².